The summed E-state index contributed by atoms with van der Waals surface area (Å²) in [5.74, 6) is -1.94. The van der Waals surface area contributed by atoms with Crippen LogP contribution in [-0.2, 0) is 12.8 Å². The van der Waals surface area contributed by atoms with Crippen molar-refractivity contribution < 1.29 is 28.9 Å². The molecule has 43 heavy (non-hydrogen) atoms. The van der Waals surface area contributed by atoms with Gasteiger partial charge in [-0.05, 0) is 119 Å². The topological polar surface area (TPSA) is 83.8 Å². The summed E-state index contributed by atoms with van der Waals surface area (Å²) in [5.41, 5.74) is 4.27. The Morgan fingerprint density at radius 2 is 1.67 bits per heavy atom. The maximum atomic E-state index is 14.2. The second kappa shape index (κ2) is 12.8. The number of aromatic carboxylic acids is 2. The molecule has 0 heterocycles. The number of aryl methyl sites for hydroxylation is 1. The Balaban J connectivity index is 0.000000239. The monoisotopic (exact) mass is 598 g/mol. The Morgan fingerprint density at radius 1 is 0.953 bits per heavy atom. The molecule has 6 rings (SSSR count). The number of carboxylic acid groups (broad SMARTS) is 2. The number of carboxylic acids is 2. The molecule has 5 nitrogen and oxygen atoms in total. The molecule has 0 saturated heterocycles. The first-order valence-corrected chi connectivity index (χ1v) is 14.6. The van der Waals surface area contributed by atoms with Crippen molar-refractivity contribution in [2.45, 2.75) is 44.9 Å². The van der Waals surface area contributed by atoms with Crippen molar-refractivity contribution in [1.82, 2.24) is 0 Å². The third-order valence-corrected chi connectivity index (χ3v) is 8.43. The molecule has 0 aromatic heterocycles. The van der Waals surface area contributed by atoms with Crippen LogP contribution in [0.1, 0.15) is 68.2 Å². The summed E-state index contributed by atoms with van der Waals surface area (Å²) in [7, 11) is 1.49. The molecule has 7 heteroatoms. The molecule has 220 valence electrons. The van der Waals surface area contributed by atoms with E-state index >= 15 is 0 Å². The maximum absolute atomic E-state index is 14.2. The Morgan fingerprint density at radius 3 is 2.35 bits per heavy atom. The van der Waals surface area contributed by atoms with Crippen molar-refractivity contribution in [2.24, 2.45) is 0 Å². The molecule has 0 fully saturated rings. The van der Waals surface area contributed by atoms with Gasteiger partial charge >= 0.3 is 11.9 Å². The van der Waals surface area contributed by atoms with Crippen molar-refractivity contribution in [3.05, 3.63) is 132 Å². The number of methoxy groups -OCH3 is 1. The second-order valence-electron chi connectivity index (χ2n) is 10.8. The van der Waals surface area contributed by atoms with Gasteiger partial charge in [0.05, 0.1) is 18.2 Å². The van der Waals surface area contributed by atoms with Gasteiger partial charge in [-0.2, -0.15) is 0 Å². The summed E-state index contributed by atoms with van der Waals surface area (Å²) < 4.78 is 19.2. The number of fused-ring (bicyclic) bond motifs is 4. The van der Waals surface area contributed by atoms with Crippen LogP contribution in [0.15, 0.2) is 66.7 Å². The fourth-order valence-electron chi connectivity index (χ4n) is 6.08. The predicted octanol–water partition coefficient (Wildman–Crippen LogP) is 6.79. The van der Waals surface area contributed by atoms with Gasteiger partial charge in [0.25, 0.3) is 0 Å². The lowest BCUT2D eigenvalue weighted by Crippen LogP contribution is -2.22. The fraction of sp³-hybridized carbons (Fsp3) is 0.222. The van der Waals surface area contributed by atoms with Crippen molar-refractivity contribution in [3.8, 4) is 5.75 Å². The summed E-state index contributed by atoms with van der Waals surface area (Å²) in [6.07, 6.45) is 9.95. The van der Waals surface area contributed by atoms with Crippen LogP contribution in [0.3, 0.4) is 0 Å². The van der Waals surface area contributed by atoms with E-state index in [4.69, 9.17) is 26.6 Å². The number of benzene rings is 4. The molecular weight excluding hydrogens is 567 g/mol. The van der Waals surface area contributed by atoms with Crippen molar-refractivity contribution in [2.75, 3.05) is 7.11 Å². The number of ether oxygens (including phenoxy) is 1. The van der Waals surface area contributed by atoms with Crippen molar-refractivity contribution in [1.29, 1.82) is 0 Å². The smallest absolute Gasteiger partial charge is 0.335 e. The SMILES string of the molecule is COc1ccc(CCC2C=c3cc(Cl)ccc3=c3ccc4c(c32)CCCC=4)cc1F.Cc1c(C(=O)O)cccc1C(=O)O. The highest BCUT2D eigenvalue weighted by atomic mass is 35.5. The molecule has 4 aromatic carbocycles. The minimum absolute atomic E-state index is 0.0277. The lowest BCUT2D eigenvalue weighted by atomic mass is 9.80. The zero-order valence-corrected chi connectivity index (χ0v) is 24.7. The molecule has 1 unspecified atom stereocenters. The normalized spacial score (nSPS) is 14.5. The minimum atomic E-state index is -1.11. The first-order valence-electron chi connectivity index (χ1n) is 14.2. The molecule has 0 spiro atoms. The molecular formula is C36H32ClFO5. The van der Waals surface area contributed by atoms with E-state index in [0.29, 0.717) is 5.75 Å². The van der Waals surface area contributed by atoms with E-state index in [1.807, 2.05) is 12.1 Å². The number of hydrogen-bond acceptors (Lipinski definition) is 3. The number of halogens is 2. The third-order valence-electron chi connectivity index (χ3n) is 8.20. The zero-order chi connectivity index (χ0) is 30.7. The maximum Gasteiger partial charge on any atom is 0.335 e. The minimum Gasteiger partial charge on any atom is -0.494 e. The van der Waals surface area contributed by atoms with Crippen LogP contribution in [0.5, 0.6) is 5.75 Å². The van der Waals surface area contributed by atoms with Gasteiger partial charge < -0.3 is 14.9 Å². The largest absolute Gasteiger partial charge is 0.494 e. The molecule has 0 saturated carbocycles. The number of rotatable bonds is 6. The van der Waals surface area contributed by atoms with E-state index in [2.05, 4.69) is 36.4 Å². The van der Waals surface area contributed by atoms with E-state index in [1.54, 1.807) is 12.1 Å². The van der Waals surface area contributed by atoms with E-state index in [0.717, 1.165) is 36.3 Å². The van der Waals surface area contributed by atoms with Gasteiger partial charge in [0.2, 0.25) is 0 Å². The lowest BCUT2D eigenvalue weighted by Gasteiger charge is -2.24. The Kier molecular flexibility index (Phi) is 8.97. The number of carbonyl (C=O) groups is 2. The van der Waals surface area contributed by atoms with E-state index in [9.17, 15) is 14.0 Å². The summed E-state index contributed by atoms with van der Waals surface area (Å²) >= 11 is 6.31. The third kappa shape index (κ3) is 6.35. The van der Waals surface area contributed by atoms with Crippen LogP contribution < -0.4 is 15.2 Å². The van der Waals surface area contributed by atoms with Crippen LogP contribution >= 0.6 is 11.6 Å². The average molecular weight is 599 g/mol. The lowest BCUT2D eigenvalue weighted by molar-refractivity contribution is 0.0696. The van der Waals surface area contributed by atoms with Gasteiger partial charge in [0.15, 0.2) is 11.6 Å². The molecule has 2 aliphatic rings. The molecule has 0 bridgehead atoms. The molecule has 1 atom stereocenters. The fourth-order valence-corrected chi connectivity index (χ4v) is 6.26. The molecule has 2 N–H and O–H groups in total. The van der Waals surface area contributed by atoms with Gasteiger partial charge in [-0.3, -0.25) is 0 Å². The molecule has 0 radical (unpaired) electrons. The van der Waals surface area contributed by atoms with Crippen LogP contribution in [0, 0.1) is 23.2 Å². The zero-order valence-electron chi connectivity index (χ0n) is 24.0. The van der Waals surface area contributed by atoms with Crippen molar-refractivity contribution >= 4 is 35.7 Å². The van der Waals surface area contributed by atoms with E-state index in [1.165, 1.54) is 70.7 Å². The first kappa shape index (κ1) is 30.1. The Labute approximate surface area is 253 Å². The highest BCUT2D eigenvalue weighted by Gasteiger charge is 2.20. The summed E-state index contributed by atoms with van der Waals surface area (Å²) in [6, 6.07) is 20.2. The highest BCUT2D eigenvalue weighted by Crippen LogP contribution is 2.31. The molecule has 4 aromatic rings. The van der Waals surface area contributed by atoms with Gasteiger partial charge in [0.1, 0.15) is 0 Å². The van der Waals surface area contributed by atoms with E-state index in [-0.39, 0.29) is 28.4 Å². The quantitative estimate of drug-likeness (QED) is 0.255. The Hall–Kier alpha value is -4.42. The standard InChI is InChI=1S/C27H24ClFO.C9H8O4/c1-30-26-13-7-17(14-25(26)29)6-8-19-15-20-16-21(28)10-12-22(20)24-11-9-18-4-2-3-5-23(18)27(19)24;1-5-6(8(10)11)3-2-4-7(5)9(12)13/h4,7,9-16,19H,2-3,5-6,8H2,1H3;2-4H,1H3,(H,10,11)(H,12,13). The molecule has 0 aliphatic heterocycles. The number of hydrogen-bond donors (Lipinski definition) is 2. The molecule has 0 amide bonds. The van der Waals surface area contributed by atoms with Gasteiger partial charge in [-0.1, -0.05) is 54.1 Å². The van der Waals surface area contributed by atoms with Crippen molar-refractivity contribution in [3.63, 3.8) is 0 Å². The summed E-state index contributed by atoms with van der Waals surface area (Å²) in [4.78, 5) is 21.2. The van der Waals surface area contributed by atoms with Gasteiger partial charge in [0, 0.05) is 10.9 Å². The Bertz CT molecular complexity index is 1920. The molecule has 2 aliphatic carbocycles. The summed E-state index contributed by atoms with van der Waals surface area (Å²) in [5, 5.41) is 23.3. The average Bonchev–Trinajstić information content (AvgIpc) is 2.99. The van der Waals surface area contributed by atoms with Crippen LogP contribution in [0.25, 0.3) is 12.2 Å². The van der Waals surface area contributed by atoms with Gasteiger partial charge in [-0.15, -0.1) is 0 Å². The van der Waals surface area contributed by atoms with Crippen LogP contribution in [0.4, 0.5) is 4.39 Å². The van der Waals surface area contributed by atoms with E-state index < -0.39 is 11.9 Å². The van der Waals surface area contributed by atoms with Crippen LogP contribution in [-0.4, -0.2) is 29.3 Å². The summed E-state index contributed by atoms with van der Waals surface area (Å²) in [6.45, 7) is 1.48. The predicted molar refractivity (Wildman–Crippen MR) is 166 cm³/mol. The second-order valence-corrected chi connectivity index (χ2v) is 11.2. The van der Waals surface area contributed by atoms with Crippen LogP contribution in [0.2, 0.25) is 5.02 Å². The van der Waals surface area contributed by atoms with Gasteiger partial charge in [-0.25, -0.2) is 14.0 Å². The first-order chi connectivity index (χ1) is 20.7. The highest BCUT2D eigenvalue weighted by molar-refractivity contribution is 6.30.